The van der Waals surface area contributed by atoms with Crippen molar-refractivity contribution >= 4 is 0 Å². The number of aliphatic hydroxyl groups excluding tert-OH is 1. The van der Waals surface area contributed by atoms with Gasteiger partial charge in [-0.2, -0.15) is 0 Å². The number of rotatable bonds is 6. The monoisotopic (exact) mass is 241 g/mol. The van der Waals surface area contributed by atoms with Crippen LogP contribution in [0.1, 0.15) is 45.4 Å². The summed E-state index contributed by atoms with van der Waals surface area (Å²) in [5, 5.41) is 10.2. The largest absolute Gasteiger partial charge is 0.391 e. The molecule has 2 rings (SSSR count). The second-order valence-electron chi connectivity index (χ2n) is 5.73. The van der Waals surface area contributed by atoms with Gasteiger partial charge in [0.25, 0.3) is 0 Å². The van der Waals surface area contributed by atoms with Crippen LogP contribution in [-0.2, 0) is 4.74 Å². The highest BCUT2D eigenvalue weighted by Gasteiger charge is 2.37. The Morgan fingerprint density at radius 3 is 2.53 bits per heavy atom. The Morgan fingerprint density at radius 2 is 1.94 bits per heavy atom. The molecule has 2 aliphatic carbocycles. The third kappa shape index (κ3) is 3.43. The van der Waals surface area contributed by atoms with Crippen molar-refractivity contribution < 1.29 is 9.84 Å². The van der Waals surface area contributed by atoms with Crippen LogP contribution in [0.25, 0.3) is 0 Å². The predicted molar refractivity (Wildman–Crippen MR) is 69.0 cm³/mol. The molecular weight excluding hydrogens is 214 g/mol. The molecule has 0 bridgehead atoms. The first-order valence-corrected chi connectivity index (χ1v) is 7.16. The number of ether oxygens (including phenoxy) is 1. The molecule has 0 heterocycles. The molecule has 0 aromatic heterocycles. The molecule has 3 atom stereocenters. The quantitative estimate of drug-likeness (QED) is 0.772. The van der Waals surface area contributed by atoms with E-state index < -0.39 is 0 Å². The van der Waals surface area contributed by atoms with Crippen molar-refractivity contribution in [3.05, 3.63) is 0 Å². The van der Waals surface area contributed by atoms with Crippen molar-refractivity contribution in [1.82, 2.24) is 4.90 Å². The molecule has 2 fully saturated rings. The average Bonchev–Trinajstić information content (AvgIpc) is 3.15. The molecule has 0 saturated heterocycles. The fourth-order valence-electron chi connectivity index (χ4n) is 3.20. The van der Waals surface area contributed by atoms with Crippen LogP contribution in [0.2, 0.25) is 0 Å². The van der Waals surface area contributed by atoms with Gasteiger partial charge in [-0.25, -0.2) is 0 Å². The predicted octanol–water partition coefficient (Wildman–Crippen LogP) is 2.04. The van der Waals surface area contributed by atoms with Gasteiger partial charge in [0.2, 0.25) is 0 Å². The molecular formula is C14H27NO2. The van der Waals surface area contributed by atoms with Gasteiger partial charge in [-0.15, -0.1) is 0 Å². The first-order valence-electron chi connectivity index (χ1n) is 7.16. The fourth-order valence-corrected chi connectivity index (χ4v) is 3.20. The van der Waals surface area contributed by atoms with Gasteiger partial charge in [0.1, 0.15) is 0 Å². The van der Waals surface area contributed by atoms with Crippen LogP contribution < -0.4 is 0 Å². The summed E-state index contributed by atoms with van der Waals surface area (Å²) < 4.78 is 5.23. The maximum Gasteiger partial charge on any atom is 0.0695 e. The molecule has 2 aliphatic rings. The highest BCUT2D eigenvalue weighted by atomic mass is 16.5. The highest BCUT2D eigenvalue weighted by Crippen LogP contribution is 2.37. The maximum absolute atomic E-state index is 10.2. The van der Waals surface area contributed by atoms with E-state index in [1.165, 1.54) is 25.7 Å². The van der Waals surface area contributed by atoms with Gasteiger partial charge in [-0.3, -0.25) is 4.90 Å². The van der Waals surface area contributed by atoms with E-state index >= 15 is 0 Å². The van der Waals surface area contributed by atoms with Gasteiger partial charge in [0.15, 0.2) is 0 Å². The lowest BCUT2D eigenvalue weighted by molar-refractivity contribution is -0.0136. The Hall–Kier alpha value is -0.120. The summed E-state index contributed by atoms with van der Waals surface area (Å²) in [5.41, 5.74) is 0. The lowest BCUT2D eigenvalue weighted by atomic mass is 9.90. The Morgan fingerprint density at radius 1 is 1.24 bits per heavy atom. The van der Waals surface area contributed by atoms with E-state index in [-0.39, 0.29) is 6.10 Å². The van der Waals surface area contributed by atoms with E-state index in [1.54, 1.807) is 7.11 Å². The fraction of sp³-hybridized carbons (Fsp3) is 1.00. The van der Waals surface area contributed by atoms with Crippen LogP contribution in [-0.4, -0.2) is 48.5 Å². The Balaban J connectivity index is 1.96. The van der Waals surface area contributed by atoms with E-state index in [9.17, 15) is 5.11 Å². The summed E-state index contributed by atoms with van der Waals surface area (Å²) in [6.07, 6.45) is 7.20. The van der Waals surface area contributed by atoms with Crippen LogP contribution in [0.5, 0.6) is 0 Å². The van der Waals surface area contributed by atoms with Gasteiger partial charge >= 0.3 is 0 Å². The second kappa shape index (κ2) is 6.17. The molecule has 0 aromatic carbocycles. The molecule has 3 heteroatoms. The zero-order valence-electron chi connectivity index (χ0n) is 11.3. The first kappa shape index (κ1) is 13.3. The molecule has 0 spiro atoms. The van der Waals surface area contributed by atoms with Crippen molar-refractivity contribution in [3.8, 4) is 0 Å². The first-order chi connectivity index (χ1) is 8.24. The molecule has 0 aromatic rings. The SMILES string of the molecule is COCCN(C(C)C1CC1)[C@H]1CCCC[C@@H]1O. The standard InChI is InChI=1S/C14H27NO2/c1-11(12-7-8-12)15(9-10-17-2)13-5-3-4-6-14(13)16/h11-14,16H,3-10H2,1-2H3/t11?,13-,14-/m0/s1. The summed E-state index contributed by atoms with van der Waals surface area (Å²) in [6, 6.07) is 0.984. The zero-order valence-corrected chi connectivity index (χ0v) is 11.3. The van der Waals surface area contributed by atoms with Crippen molar-refractivity contribution in [1.29, 1.82) is 0 Å². The number of nitrogens with zero attached hydrogens (tertiary/aromatic N) is 1. The molecule has 2 saturated carbocycles. The van der Waals surface area contributed by atoms with Crippen LogP contribution in [0, 0.1) is 5.92 Å². The van der Waals surface area contributed by atoms with Crippen molar-refractivity contribution in [2.75, 3.05) is 20.3 Å². The van der Waals surface area contributed by atoms with Crippen molar-refractivity contribution in [2.45, 2.75) is 63.6 Å². The normalized spacial score (nSPS) is 31.8. The molecule has 1 unspecified atom stereocenters. The molecule has 0 aliphatic heterocycles. The van der Waals surface area contributed by atoms with E-state index in [4.69, 9.17) is 4.74 Å². The Kier molecular flexibility index (Phi) is 4.83. The topological polar surface area (TPSA) is 32.7 Å². The molecule has 0 amide bonds. The molecule has 3 nitrogen and oxygen atoms in total. The van der Waals surface area contributed by atoms with Gasteiger partial charge in [-0.1, -0.05) is 12.8 Å². The lowest BCUT2D eigenvalue weighted by Crippen LogP contribution is -2.51. The summed E-state index contributed by atoms with van der Waals surface area (Å²) in [6.45, 7) is 4.07. The second-order valence-corrected chi connectivity index (χ2v) is 5.73. The van der Waals surface area contributed by atoms with Gasteiger partial charge in [0.05, 0.1) is 12.7 Å². The van der Waals surface area contributed by atoms with Gasteiger partial charge < -0.3 is 9.84 Å². The van der Waals surface area contributed by atoms with Crippen LogP contribution in [0.4, 0.5) is 0 Å². The van der Waals surface area contributed by atoms with E-state index in [2.05, 4.69) is 11.8 Å². The minimum atomic E-state index is -0.123. The number of methoxy groups -OCH3 is 1. The molecule has 100 valence electrons. The smallest absolute Gasteiger partial charge is 0.0695 e. The van der Waals surface area contributed by atoms with Crippen LogP contribution in [0.15, 0.2) is 0 Å². The van der Waals surface area contributed by atoms with Gasteiger partial charge in [0, 0.05) is 25.7 Å². The number of hydrogen-bond acceptors (Lipinski definition) is 3. The third-order valence-corrected chi connectivity index (χ3v) is 4.50. The van der Waals surface area contributed by atoms with E-state index in [0.717, 1.165) is 31.9 Å². The van der Waals surface area contributed by atoms with Crippen molar-refractivity contribution in [2.24, 2.45) is 5.92 Å². The number of hydrogen-bond donors (Lipinski definition) is 1. The van der Waals surface area contributed by atoms with Crippen molar-refractivity contribution in [3.63, 3.8) is 0 Å². The summed E-state index contributed by atoms with van der Waals surface area (Å²) in [5.74, 6) is 0.862. The Bertz CT molecular complexity index is 230. The third-order valence-electron chi connectivity index (χ3n) is 4.50. The van der Waals surface area contributed by atoms with Crippen LogP contribution in [0.3, 0.4) is 0 Å². The zero-order chi connectivity index (χ0) is 12.3. The summed E-state index contributed by atoms with van der Waals surface area (Å²) in [4.78, 5) is 2.52. The highest BCUT2D eigenvalue weighted by molar-refractivity contribution is 4.91. The minimum Gasteiger partial charge on any atom is -0.391 e. The lowest BCUT2D eigenvalue weighted by Gasteiger charge is -2.41. The summed E-state index contributed by atoms with van der Waals surface area (Å²) >= 11 is 0. The molecule has 0 radical (unpaired) electrons. The maximum atomic E-state index is 10.2. The van der Waals surface area contributed by atoms with E-state index in [0.29, 0.717) is 12.1 Å². The molecule has 17 heavy (non-hydrogen) atoms. The minimum absolute atomic E-state index is 0.123. The number of aliphatic hydroxyl groups is 1. The Labute approximate surface area is 105 Å². The van der Waals surface area contributed by atoms with Crippen LogP contribution >= 0.6 is 0 Å². The summed E-state index contributed by atoms with van der Waals surface area (Å²) in [7, 11) is 1.76. The van der Waals surface area contributed by atoms with E-state index in [1.807, 2.05) is 0 Å². The van der Waals surface area contributed by atoms with Gasteiger partial charge in [-0.05, 0) is 38.5 Å². The molecule has 1 N–H and O–H groups in total. The average molecular weight is 241 g/mol.